The largest absolute Gasteiger partial charge is 0.489 e. The number of carbonyl (C=O) groups excluding carboxylic acids is 1. The van der Waals surface area contributed by atoms with E-state index >= 15 is 0 Å². The summed E-state index contributed by atoms with van der Waals surface area (Å²) >= 11 is 0. The number of hydrogen-bond donors (Lipinski definition) is 0. The molecule has 0 radical (unpaired) electrons. The molecule has 2 rings (SSSR count). The van der Waals surface area contributed by atoms with Crippen LogP contribution in [0.2, 0.25) is 0 Å². The molecule has 2 aliphatic heterocycles. The SMILES string of the molecule is CC1OC2=CCCOC2=CC1=O. The molecule has 0 bridgehead atoms. The Morgan fingerprint density at radius 1 is 1.50 bits per heavy atom. The van der Waals surface area contributed by atoms with Crippen LogP contribution < -0.4 is 0 Å². The second-order valence-electron chi connectivity index (χ2n) is 2.88. The van der Waals surface area contributed by atoms with Crippen molar-refractivity contribution in [2.75, 3.05) is 6.61 Å². The van der Waals surface area contributed by atoms with Gasteiger partial charge in [-0.05, 0) is 13.0 Å². The third kappa shape index (κ3) is 1.11. The van der Waals surface area contributed by atoms with Gasteiger partial charge in [0.25, 0.3) is 0 Å². The van der Waals surface area contributed by atoms with E-state index in [1.807, 2.05) is 6.08 Å². The van der Waals surface area contributed by atoms with Crippen LogP contribution in [0.15, 0.2) is 23.7 Å². The van der Waals surface area contributed by atoms with Crippen LogP contribution in [-0.2, 0) is 14.3 Å². The van der Waals surface area contributed by atoms with E-state index in [1.165, 1.54) is 6.08 Å². The minimum atomic E-state index is -0.360. The first-order valence-electron chi connectivity index (χ1n) is 4.03. The average Bonchev–Trinajstić information content (AvgIpc) is 2.07. The van der Waals surface area contributed by atoms with Crippen LogP contribution in [0.4, 0.5) is 0 Å². The predicted molar refractivity (Wildman–Crippen MR) is 42.3 cm³/mol. The first-order valence-corrected chi connectivity index (χ1v) is 4.03. The lowest BCUT2D eigenvalue weighted by Crippen LogP contribution is -2.26. The van der Waals surface area contributed by atoms with Crippen LogP contribution in [0.1, 0.15) is 13.3 Å². The molecule has 3 heteroatoms. The molecule has 0 aliphatic carbocycles. The van der Waals surface area contributed by atoms with Crippen molar-refractivity contribution in [1.82, 2.24) is 0 Å². The van der Waals surface area contributed by atoms with Gasteiger partial charge in [0.15, 0.2) is 23.4 Å². The zero-order valence-corrected chi connectivity index (χ0v) is 6.87. The Morgan fingerprint density at radius 2 is 2.33 bits per heavy atom. The molecule has 2 aliphatic rings. The second-order valence-corrected chi connectivity index (χ2v) is 2.88. The fourth-order valence-electron chi connectivity index (χ4n) is 1.24. The van der Waals surface area contributed by atoms with Crippen molar-refractivity contribution < 1.29 is 14.3 Å². The molecule has 1 unspecified atom stereocenters. The maximum atomic E-state index is 11.1. The Morgan fingerprint density at radius 3 is 3.17 bits per heavy atom. The number of ether oxygens (including phenoxy) is 2. The van der Waals surface area contributed by atoms with E-state index in [0.29, 0.717) is 18.1 Å². The summed E-state index contributed by atoms with van der Waals surface area (Å²) in [6, 6.07) is 0. The van der Waals surface area contributed by atoms with Crippen molar-refractivity contribution in [3.05, 3.63) is 23.7 Å². The van der Waals surface area contributed by atoms with Gasteiger partial charge in [-0.3, -0.25) is 4.79 Å². The highest BCUT2D eigenvalue weighted by atomic mass is 16.5. The zero-order chi connectivity index (χ0) is 8.55. The number of ketones is 1. The van der Waals surface area contributed by atoms with Crippen LogP contribution in [0.5, 0.6) is 0 Å². The topological polar surface area (TPSA) is 35.5 Å². The average molecular weight is 166 g/mol. The Balaban J connectivity index is 2.33. The standard InChI is InChI=1S/C9H10O3/c1-6-7(10)5-9-8(12-6)3-2-4-11-9/h3,5-6H,2,4H2,1H3. The molecular formula is C9H10O3. The van der Waals surface area contributed by atoms with Crippen molar-refractivity contribution in [2.45, 2.75) is 19.4 Å². The number of fused-ring (bicyclic) bond motifs is 1. The molecule has 0 N–H and O–H groups in total. The number of rotatable bonds is 0. The third-order valence-electron chi connectivity index (χ3n) is 1.93. The van der Waals surface area contributed by atoms with E-state index < -0.39 is 0 Å². The smallest absolute Gasteiger partial charge is 0.199 e. The molecule has 0 amide bonds. The van der Waals surface area contributed by atoms with Crippen LogP contribution in [-0.4, -0.2) is 18.5 Å². The molecule has 0 aromatic carbocycles. The molecular weight excluding hydrogens is 156 g/mol. The summed E-state index contributed by atoms with van der Waals surface area (Å²) in [4.78, 5) is 11.1. The normalized spacial score (nSPS) is 27.8. The predicted octanol–water partition coefficient (Wildman–Crippen LogP) is 1.16. The summed E-state index contributed by atoms with van der Waals surface area (Å²) in [5, 5.41) is 0. The summed E-state index contributed by atoms with van der Waals surface area (Å²) < 4.78 is 10.6. The van der Waals surface area contributed by atoms with Gasteiger partial charge in [0.05, 0.1) is 6.61 Å². The molecule has 12 heavy (non-hydrogen) atoms. The van der Waals surface area contributed by atoms with Crippen molar-refractivity contribution in [3.63, 3.8) is 0 Å². The van der Waals surface area contributed by atoms with Crippen molar-refractivity contribution in [2.24, 2.45) is 0 Å². The molecule has 0 saturated heterocycles. The van der Waals surface area contributed by atoms with Crippen LogP contribution in [0, 0.1) is 0 Å². The van der Waals surface area contributed by atoms with E-state index in [4.69, 9.17) is 9.47 Å². The summed E-state index contributed by atoms with van der Waals surface area (Å²) in [7, 11) is 0. The third-order valence-corrected chi connectivity index (χ3v) is 1.93. The van der Waals surface area contributed by atoms with Gasteiger partial charge in [0, 0.05) is 12.5 Å². The molecule has 0 aromatic heterocycles. The van der Waals surface area contributed by atoms with Gasteiger partial charge in [-0.2, -0.15) is 0 Å². The maximum absolute atomic E-state index is 11.1. The van der Waals surface area contributed by atoms with Crippen molar-refractivity contribution in [1.29, 1.82) is 0 Å². The van der Waals surface area contributed by atoms with Gasteiger partial charge < -0.3 is 9.47 Å². The van der Waals surface area contributed by atoms with E-state index in [2.05, 4.69) is 0 Å². The molecule has 64 valence electrons. The zero-order valence-electron chi connectivity index (χ0n) is 6.87. The summed E-state index contributed by atoms with van der Waals surface area (Å²) in [6.45, 7) is 2.38. The molecule has 0 fully saturated rings. The Hall–Kier alpha value is -1.25. The van der Waals surface area contributed by atoms with Gasteiger partial charge in [0.1, 0.15) is 0 Å². The minimum Gasteiger partial charge on any atom is -0.489 e. The quantitative estimate of drug-likeness (QED) is 0.541. The lowest BCUT2D eigenvalue weighted by molar-refractivity contribution is -0.124. The fourth-order valence-corrected chi connectivity index (χ4v) is 1.24. The Kier molecular flexibility index (Phi) is 1.64. The highest BCUT2D eigenvalue weighted by Crippen LogP contribution is 2.25. The summed E-state index contributed by atoms with van der Waals surface area (Å²) in [5.74, 6) is 1.28. The van der Waals surface area contributed by atoms with Gasteiger partial charge in [0.2, 0.25) is 0 Å². The summed E-state index contributed by atoms with van der Waals surface area (Å²) in [5.41, 5.74) is 0. The van der Waals surface area contributed by atoms with Crippen molar-refractivity contribution >= 4 is 5.78 Å². The molecule has 1 atom stereocenters. The van der Waals surface area contributed by atoms with E-state index in [1.54, 1.807) is 6.92 Å². The van der Waals surface area contributed by atoms with Crippen LogP contribution in [0.25, 0.3) is 0 Å². The van der Waals surface area contributed by atoms with Crippen LogP contribution in [0.3, 0.4) is 0 Å². The van der Waals surface area contributed by atoms with Crippen LogP contribution >= 0.6 is 0 Å². The monoisotopic (exact) mass is 166 g/mol. The van der Waals surface area contributed by atoms with Gasteiger partial charge in [-0.25, -0.2) is 0 Å². The lowest BCUT2D eigenvalue weighted by Gasteiger charge is -2.25. The second kappa shape index (κ2) is 2.66. The van der Waals surface area contributed by atoms with Gasteiger partial charge in [-0.15, -0.1) is 0 Å². The van der Waals surface area contributed by atoms with E-state index in [-0.39, 0.29) is 11.9 Å². The summed E-state index contributed by atoms with van der Waals surface area (Å²) in [6.07, 6.45) is 3.96. The lowest BCUT2D eigenvalue weighted by atomic mass is 10.1. The highest BCUT2D eigenvalue weighted by Gasteiger charge is 2.25. The number of hydrogen-bond acceptors (Lipinski definition) is 3. The molecule has 2 heterocycles. The fraction of sp³-hybridized carbons (Fsp3) is 0.444. The first-order chi connectivity index (χ1) is 5.77. The maximum Gasteiger partial charge on any atom is 0.199 e. The van der Waals surface area contributed by atoms with Crippen molar-refractivity contribution in [3.8, 4) is 0 Å². The van der Waals surface area contributed by atoms with E-state index in [9.17, 15) is 4.79 Å². The van der Waals surface area contributed by atoms with Gasteiger partial charge >= 0.3 is 0 Å². The van der Waals surface area contributed by atoms with Gasteiger partial charge in [-0.1, -0.05) is 0 Å². The Bertz CT molecular complexity index is 275. The molecule has 0 saturated carbocycles. The number of carbonyl (C=O) groups is 1. The Labute approximate surface area is 70.7 Å². The highest BCUT2D eigenvalue weighted by molar-refractivity contribution is 5.95. The van der Waals surface area contributed by atoms with E-state index in [0.717, 1.165) is 6.42 Å². The molecule has 0 aromatic rings. The molecule has 3 nitrogen and oxygen atoms in total. The first kappa shape index (κ1) is 7.40. The molecule has 0 spiro atoms. The minimum absolute atomic E-state index is 0.0240.